The lowest BCUT2D eigenvalue weighted by Crippen LogP contribution is -2.33. The number of ether oxygens (including phenoxy) is 2. The second kappa shape index (κ2) is 9.23. The Morgan fingerprint density at radius 1 is 1.14 bits per heavy atom. The van der Waals surface area contributed by atoms with Gasteiger partial charge in [-0.2, -0.15) is 0 Å². The number of methoxy groups -OCH3 is 2. The topological polar surface area (TPSA) is 82.5 Å². The molecule has 1 heterocycles. The number of carbonyl (C=O) groups is 1. The van der Waals surface area contributed by atoms with Crippen LogP contribution >= 0.6 is 0 Å². The molecule has 0 unspecified atom stereocenters. The maximum absolute atomic E-state index is 12.6. The van der Waals surface area contributed by atoms with E-state index in [1.54, 1.807) is 20.3 Å². The van der Waals surface area contributed by atoms with Gasteiger partial charge in [-0.05, 0) is 49.1 Å². The van der Waals surface area contributed by atoms with Crippen molar-refractivity contribution in [3.63, 3.8) is 0 Å². The zero-order valence-corrected chi connectivity index (χ0v) is 16.9. The fourth-order valence-electron chi connectivity index (χ4n) is 3.22. The lowest BCUT2D eigenvalue weighted by Gasteiger charge is -2.10. The van der Waals surface area contributed by atoms with Gasteiger partial charge >= 0.3 is 0 Å². The van der Waals surface area contributed by atoms with Crippen molar-refractivity contribution in [2.24, 2.45) is 0 Å². The molecule has 0 radical (unpaired) electrons. The van der Waals surface area contributed by atoms with E-state index in [1.165, 1.54) is 10.9 Å². The first-order valence-corrected chi connectivity index (χ1v) is 9.46. The first-order valence-electron chi connectivity index (χ1n) is 9.46. The Bertz CT molecular complexity index is 1080. The van der Waals surface area contributed by atoms with Crippen molar-refractivity contribution in [3.8, 4) is 11.5 Å². The summed E-state index contributed by atoms with van der Waals surface area (Å²) in [5.41, 5.74) is 2.50. The maximum atomic E-state index is 12.6. The zero-order chi connectivity index (χ0) is 20.8. The van der Waals surface area contributed by atoms with E-state index in [0.29, 0.717) is 28.9 Å². The maximum Gasteiger partial charge on any atom is 0.261 e. The van der Waals surface area contributed by atoms with Crippen molar-refractivity contribution in [1.82, 2.24) is 14.9 Å². The second-order valence-corrected chi connectivity index (χ2v) is 6.79. The third-order valence-electron chi connectivity index (χ3n) is 4.78. The van der Waals surface area contributed by atoms with Crippen molar-refractivity contribution < 1.29 is 14.3 Å². The van der Waals surface area contributed by atoms with Crippen LogP contribution in [0, 0.1) is 6.92 Å². The summed E-state index contributed by atoms with van der Waals surface area (Å²) in [6.45, 7) is 2.37. The number of aryl methyl sites for hydroxylation is 2. The molecule has 7 nitrogen and oxygen atoms in total. The second-order valence-electron chi connectivity index (χ2n) is 6.79. The van der Waals surface area contributed by atoms with E-state index in [2.05, 4.69) is 10.3 Å². The Morgan fingerprint density at radius 3 is 2.69 bits per heavy atom. The zero-order valence-electron chi connectivity index (χ0n) is 16.9. The van der Waals surface area contributed by atoms with Crippen LogP contribution in [-0.2, 0) is 17.8 Å². The van der Waals surface area contributed by atoms with Crippen LogP contribution in [0.1, 0.15) is 17.5 Å². The van der Waals surface area contributed by atoms with Gasteiger partial charge in [-0.25, -0.2) is 4.98 Å². The molecule has 1 amide bonds. The predicted molar refractivity (Wildman–Crippen MR) is 112 cm³/mol. The summed E-state index contributed by atoms with van der Waals surface area (Å²) in [6, 6.07) is 11.2. The monoisotopic (exact) mass is 395 g/mol. The number of nitrogens with one attached hydrogen (secondary N) is 1. The third kappa shape index (κ3) is 4.74. The smallest absolute Gasteiger partial charge is 0.261 e. The molecule has 3 aromatic rings. The molecule has 0 aliphatic carbocycles. The van der Waals surface area contributed by atoms with E-state index in [4.69, 9.17) is 9.47 Å². The van der Waals surface area contributed by atoms with Gasteiger partial charge in [-0.1, -0.05) is 18.2 Å². The van der Waals surface area contributed by atoms with Crippen LogP contribution in [0.2, 0.25) is 0 Å². The number of para-hydroxylation sites is 1. The summed E-state index contributed by atoms with van der Waals surface area (Å²) in [5.74, 6) is 1.16. The lowest BCUT2D eigenvalue weighted by molar-refractivity contribution is -0.121. The van der Waals surface area contributed by atoms with Crippen LogP contribution < -0.4 is 20.3 Å². The minimum absolute atomic E-state index is 0.0495. The molecule has 0 aliphatic heterocycles. The van der Waals surface area contributed by atoms with Gasteiger partial charge in [0.25, 0.3) is 5.56 Å². The highest BCUT2D eigenvalue weighted by Gasteiger charge is 2.09. The van der Waals surface area contributed by atoms with E-state index in [0.717, 1.165) is 24.0 Å². The van der Waals surface area contributed by atoms with Gasteiger partial charge in [0.15, 0.2) is 11.5 Å². The average Bonchev–Trinajstić information content (AvgIpc) is 2.73. The first-order chi connectivity index (χ1) is 14.0. The third-order valence-corrected chi connectivity index (χ3v) is 4.78. The van der Waals surface area contributed by atoms with E-state index in [9.17, 15) is 9.59 Å². The van der Waals surface area contributed by atoms with Gasteiger partial charge < -0.3 is 14.8 Å². The highest BCUT2D eigenvalue weighted by Crippen LogP contribution is 2.27. The molecule has 7 heteroatoms. The molecule has 0 bridgehead atoms. The van der Waals surface area contributed by atoms with Crippen molar-refractivity contribution in [2.45, 2.75) is 26.3 Å². The minimum Gasteiger partial charge on any atom is -0.493 e. The van der Waals surface area contributed by atoms with Crippen molar-refractivity contribution >= 4 is 16.8 Å². The van der Waals surface area contributed by atoms with Gasteiger partial charge in [0, 0.05) is 6.54 Å². The van der Waals surface area contributed by atoms with Crippen molar-refractivity contribution in [1.29, 1.82) is 0 Å². The van der Waals surface area contributed by atoms with E-state index < -0.39 is 0 Å². The van der Waals surface area contributed by atoms with Crippen LogP contribution in [0.25, 0.3) is 10.9 Å². The fourth-order valence-corrected chi connectivity index (χ4v) is 3.22. The molecule has 152 valence electrons. The summed E-state index contributed by atoms with van der Waals surface area (Å²) >= 11 is 0. The summed E-state index contributed by atoms with van der Waals surface area (Å²) in [6.07, 6.45) is 2.99. The number of hydrogen-bond acceptors (Lipinski definition) is 5. The Kier molecular flexibility index (Phi) is 6.49. The van der Waals surface area contributed by atoms with Crippen LogP contribution in [0.3, 0.4) is 0 Å². The Hall–Kier alpha value is -3.35. The molecule has 0 saturated carbocycles. The Labute approximate surface area is 169 Å². The molecule has 0 aliphatic rings. The van der Waals surface area contributed by atoms with Crippen molar-refractivity contribution in [3.05, 3.63) is 64.2 Å². The molecule has 29 heavy (non-hydrogen) atoms. The largest absolute Gasteiger partial charge is 0.493 e. The molecule has 2 aromatic carbocycles. The lowest BCUT2D eigenvalue weighted by atomic mass is 10.1. The van der Waals surface area contributed by atoms with Gasteiger partial charge in [0.1, 0.15) is 6.54 Å². The average molecular weight is 395 g/mol. The van der Waals surface area contributed by atoms with Crippen molar-refractivity contribution in [2.75, 3.05) is 20.8 Å². The molecule has 1 N–H and O–H groups in total. The molecular weight excluding hydrogens is 370 g/mol. The molecular formula is C22H25N3O4. The van der Waals surface area contributed by atoms with E-state index in [-0.39, 0.29) is 18.0 Å². The Balaban J connectivity index is 1.54. The van der Waals surface area contributed by atoms with Crippen LogP contribution in [0.4, 0.5) is 0 Å². The first kappa shape index (κ1) is 20.4. The van der Waals surface area contributed by atoms with Gasteiger partial charge in [-0.15, -0.1) is 0 Å². The van der Waals surface area contributed by atoms with E-state index in [1.807, 2.05) is 37.3 Å². The SMILES string of the molecule is COc1ccc(CCCNC(=O)Cn2cnc3c(C)cccc3c2=O)cc1OC. The van der Waals surface area contributed by atoms with Gasteiger partial charge in [-0.3, -0.25) is 14.2 Å². The summed E-state index contributed by atoms with van der Waals surface area (Å²) in [7, 11) is 3.21. The standard InChI is InChI=1S/C22H25N3O4/c1-15-6-4-8-17-21(15)24-14-25(22(17)27)13-20(26)23-11-5-7-16-9-10-18(28-2)19(12-16)29-3/h4,6,8-10,12,14H,5,7,11,13H2,1-3H3,(H,23,26). The Morgan fingerprint density at radius 2 is 1.93 bits per heavy atom. The number of aromatic nitrogens is 2. The van der Waals surface area contributed by atoms with Gasteiger partial charge in [0.2, 0.25) is 5.91 Å². The number of nitrogens with zero attached hydrogens (tertiary/aromatic N) is 2. The highest BCUT2D eigenvalue weighted by atomic mass is 16.5. The summed E-state index contributed by atoms with van der Waals surface area (Å²) in [5, 5.41) is 3.38. The molecule has 0 atom stereocenters. The number of amides is 1. The summed E-state index contributed by atoms with van der Waals surface area (Å²) in [4.78, 5) is 29.1. The highest BCUT2D eigenvalue weighted by molar-refractivity contribution is 5.81. The van der Waals surface area contributed by atoms with E-state index >= 15 is 0 Å². The fraction of sp³-hybridized carbons (Fsp3) is 0.318. The molecule has 0 saturated heterocycles. The normalized spacial score (nSPS) is 10.7. The minimum atomic E-state index is -0.215. The van der Waals surface area contributed by atoms with Gasteiger partial charge in [0.05, 0.1) is 31.4 Å². The summed E-state index contributed by atoms with van der Waals surface area (Å²) < 4.78 is 11.9. The molecule has 0 spiro atoms. The van der Waals surface area contributed by atoms with Crippen LogP contribution in [0.5, 0.6) is 11.5 Å². The van der Waals surface area contributed by atoms with Crippen LogP contribution in [-0.4, -0.2) is 36.2 Å². The molecule has 0 fully saturated rings. The number of rotatable bonds is 8. The molecule has 3 rings (SSSR count). The number of hydrogen-bond donors (Lipinski definition) is 1. The number of fused-ring (bicyclic) bond motifs is 1. The number of benzene rings is 2. The number of carbonyl (C=O) groups excluding carboxylic acids is 1. The van der Waals surface area contributed by atoms with Crippen LogP contribution in [0.15, 0.2) is 47.5 Å². The quantitative estimate of drug-likeness (QED) is 0.593. The molecule has 1 aromatic heterocycles. The predicted octanol–water partition coefficient (Wildman–Crippen LogP) is 2.47.